The number of hydrogen-bond donors (Lipinski definition) is 1. The maximum absolute atomic E-state index is 12.1. The molecule has 1 atom stereocenters. The second kappa shape index (κ2) is 5.96. The monoisotopic (exact) mass is 329 g/mol. The number of anilines is 1. The van der Waals surface area contributed by atoms with E-state index < -0.39 is 11.2 Å². The summed E-state index contributed by atoms with van der Waals surface area (Å²) >= 11 is 0. The predicted octanol–water partition coefficient (Wildman–Crippen LogP) is -0.470. The molecule has 0 bridgehead atoms. The fourth-order valence-electron chi connectivity index (χ4n) is 3.09. The lowest BCUT2D eigenvalue weighted by Crippen LogP contribution is -2.40. The van der Waals surface area contributed by atoms with E-state index in [4.69, 9.17) is 0 Å². The largest absolute Gasteiger partial charge is 0.370 e. The highest BCUT2D eigenvalue weighted by Gasteiger charge is 2.22. The standard InChI is InChI=1S/C15H19N7O2/c1-9-18-19-12-5-4-10(8-22(9)12)7-17-13-11(6-16)14(23)21(3)15(24)20(13)2/h10,17H,4-5,7-8H2,1-3H3. The lowest BCUT2D eigenvalue weighted by molar-refractivity contribution is 0.376. The molecule has 0 fully saturated rings. The van der Waals surface area contributed by atoms with Gasteiger partial charge in [-0.05, 0) is 19.3 Å². The summed E-state index contributed by atoms with van der Waals surface area (Å²) in [6, 6.07) is 1.90. The van der Waals surface area contributed by atoms with E-state index in [0.717, 1.165) is 35.6 Å². The lowest BCUT2D eigenvalue weighted by atomic mass is 9.99. The van der Waals surface area contributed by atoms with E-state index >= 15 is 0 Å². The van der Waals surface area contributed by atoms with Crippen molar-refractivity contribution in [1.29, 1.82) is 5.26 Å². The van der Waals surface area contributed by atoms with Gasteiger partial charge in [0.05, 0.1) is 0 Å². The van der Waals surface area contributed by atoms with Crippen molar-refractivity contribution in [3.8, 4) is 6.07 Å². The highest BCUT2D eigenvalue weighted by atomic mass is 16.2. The normalized spacial score (nSPS) is 16.5. The van der Waals surface area contributed by atoms with Crippen molar-refractivity contribution in [3.63, 3.8) is 0 Å². The van der Waals surface area contributed by atoms with E-state index in [2.05, 4.69) is 20.1 Å². The van der Waals surface area contributed by atoms with Crippen LogP contribution in [0.3, 0.4) is 0 Å². The Morgan fingerprint density at radius 1 is 1.29 bits per heavy atom. The van der Waals surface area contributed by atoms with Gasteiger partial charge in [0, 0.05) is 33.6 Å². The summed E-state index contributed by atoms with van der Waals surface area (Å²) in [6.07, 6.45) is 1.78. The molecule has 2 aromatic rings. The van der Waals surface area contributed by atoms with E-state index in [-0.39, 0.29) is 11.4 Å². The molecule has 1 unspecified atom stereocenters. The second-order valence-corrected chi connectivity index (χ2v) is 6.10. The number of nitriles is 1. The molecule has 24 heavy (non-hydrogen) atoms. The van der Waals surface area contributed by atoms with Crippen LogP contribution in [0.5, 0.6) is 0 Å². The van der Waals surface area contributed by atoms with Crippen LogP contribution in [-0.2, 0) is 27.1 Å². The minimum Gasteiger partial charge on any atom is -0.370 e. The van der Waals surface area contributed by atoms with E-state index in [0.29, 0.717) is 12.5 Å². The van der Waals surface area contributed by atoms with Gasteiger partial charge in [0.2, 0.25) is 0 Å². The van der Waals surface area contributed by atoms with Crippen LogP contribution in [0, 0.1) is 24.2 Å². The first kappa shape index (κ1) is 16.0. The zero-order valence-electron chi connectivity index (χ0n) is 13.9. The van der Waals surface area contributed by atoms with Crippen LogP contribution < -0.4 is 16.6 Å². The lowest BCUT2D eigenvalue weighted by Gasteiger charge is -2.25. The van der Waals surface area contributed by atoms with Gasteiger partial charge in [-0.1, -0.05) is 0 Å². The van der Waals surface area contributed by atoms with Crippen LogP contribution in [-0.4, -0.2) is 30.4 Å². The molecular weight excluding hydrogens is 310 g/mol. The quantitative estimate of drug-likeness (QED) is 0.815. The molecule has 1 N–H and O–H groups in total. The van der Waals surface area contributed by atoms with Crippen molar-refractivity contribution in [2.75, 3.05) is 11.9 Å². The van der Waals surface area contributed by atoms with Crippen LogP contribution >= 0.6 is 0 Å². The Morgan fingerprint density at radius 2 is 2.04 bits per heavy atom. The van der Waals surface area contributed by atoms with Crippen molar-refractivity contribution < 1.29 is 0 Å². The molecule has 3 heterocycles. The number of aryl methyl sites for hydroxylation is 2. The first-order valence-corrected chi connectivity index (χ1v) is 7.76. The van der Waals surface area contributed by atoms with Crippen molar-refractivity contribution >= 4 is 5.82 Å². The maximum Gasteiger partial charge on any atom is 0.332 e. The first-order valence-electron chi connectivity index (χ1n) is 7.76. The number of rotatable bonds is 3. The Hall–Kier alpha value is -2.89. The molecule has 0 spiro atoms. The molecule has 3 rings (SSSR count). The average molecular weight is 329 g/mol. The Labute approximate surface area is 138 Å². The Morgan fingerprint density at radius 3 is 2.75 bits per heavy atom. The van der Waals surface area contributed by atoms with Crippen molar-refractivity contribution in [3.05, 3.63) is 38.1 Å². The third-order valence-corrected chi connectivity index (χ3v) is 4.56. The van der Waals surface area contributed by atoms with Gasteiger partial charge in [-0.2, -0.15) is 5.26 Å². The van der Waals surface area contributed by atoms with E-state index in [9.17, 15) is 14.9 Å². The summed E-state index contributed by atoms with van der Waals surface area (Å²) in [7, 11) is 2.92. The number of hydrogen-bond acceptors (Lipinski definition) is 6. The molecule has 0 saturated heterocycles. The van der Waals surface area contributed by atoms with Gasteiger partial charge >= 0.3 is 5.69 Å². The summed E-state index contributed by atoms with van der Waals surface area (Å²) < 4.78 is 4.33. The fourth-order valence-corrected chi connectivity index (χ4v) is 3.09. The molecule has 9 nitrogen and oxygen atoms in total. The summed E-state index contributed by atoms with van der Waals surface area (Å²) in [5.41, 5.74) is -1.08. The summed E-state index contributed by atoms with van der Waals surface area (Å²) in [6.45, 7) is 3.26. The molecule has 0 saturated carbocycles. The molecule has 1 aliphatic heterocycles. The molecule has 126 valence electrons. The van der Waals surface area contributed by atoms with Crippen molar-refractivity contribution in [2.45, 2.75) is 26.3 Å². The molecule has 0 radical (unpaired) electrons. The topological polar surface area (TPSA) is 111 Å². The number of fused-ring (bicyclic) bond motifs is 1. The van der Waals surface area contributed by atoms with Gasteiger partial charge in [0.15, 0.2) is 5.56 Å². The van der Waals surface area contributed by atoms with Gasteiger partial charge in [-0.25, -0.2) is 4.79 Å². The summed E-state index contributed by atoms with van der Waals surface area (Å²) in [5.74, 6) is 2.45. The number of aromatic nitrogens is 5. The van der Waals surface area contributed by atoms with E-state index in [1.165, 1.54) is 11.6 Å². The van der Waals surface area contributed by atoms with E-state index in [1.54, 1.807) is 7.05 Å². The molecule has 2 aromatic heterocycles. The fraction of sp³-hybridized carbons (Fsp3) is 0.533. The summed E-state index contributed by atoms with van der Waals surface area (Å²) in [4.78, 5) is 24.1. The molecule has 0 amide bonds. The molecule has 1 aliphatic rings. The van der Waals surface area contributed by atoms with Gasteiger partial charge in [-0.15, -0.1) is 10.2 Å². The number of nitrogens with one attached hydrogen (secondary N) is 1. The molecule has 0 aromatic carbocycles. The van der Waals surface area contributed by atoms with Gasteiger partial charge in [-0.3, -0.25) is 13.9 Å². The predicted molar refractivity (Wildman–Crippen MR) is 86.7 cm³/mol. The number of nitrogens with zero attached hydrogens (tertiary/aromatic N) is 6. The Balaban J connectivity index is 1.84. The Bertz CT molecular complexity index is 944. The molecule has 9 heteroatoms. The highest BCUT2D eigenvalue weighted by Crippen LogP contribution is 2.20. The highest BCUT2D eigenvalue weighted by molar-refractivity contribution is 5.51. The van der Waals surface area contributed by atoms with E-state index in [1.807, 2.05) is 13.0 Å². The Kier molecular flexibility index (Phi) is 3.97. The second-order valence-electron chi connectivity index (χ2n) is 6.10. The van der Waals surface area contributed by atoms with Crippen LogP contribution in [0.15, 0.2) is 9.59 Å². The average Bonchev–Trinajstić information content (AvgIpc) is 2.95. The van der Waals surface area contributed by atoms with Crippen LogP contribution in [0.2, 0.25) is 0 Å². The molecular formula is C15H19N7O2. The van der Waals surface area contributed by atoms with Gasteiger partial charge in [0.25, 0.3) is 5.56 Å². The van der Waals surface area contributed by atoms with Crippen LogP contribution in [0.1, 0.15) is 23.6 Å². The zero-order chi connectivity index (χ0) is 17.4. The SMILES string of the molecule is Cc1nnc2n1CC(CNc1c(C#N)c(=O)n(C)c(=O)n1C)CC2. The third-order valence-electron chi connectivity index (χ3n) is 4.56. The van der Waals surface area contributed by atoms with Gasteiger partial charge in [0.1, 0.15) is 23.5 Å². The maximum atomic E-state index is 12.1. The van der Waals surface area contributed by atoms with Crippen LogP contribution in [0.25, 0.3) is 0 Å². The van der Waals surface area contributed by atoms with Crippen molar-refractivity contribution in [2.24, 2.45) is 20.0 Å². The minimum absolute atomic E-state index is 0.0448. The van der Waals surface area contributed by atoms with Gasteiger partial charge < -0.3 is 9.88 Å². The third kappa shape index (κ3) is 2.50. The molecule has 0 aliphatic carbocycles. The zero-order valence-corrected chi connectivity index (χ0v) is 13.9. The first-order chi connectivity index (χ1) is 11.4. The smallest absolute Gasteiger partial charge is 0.332 e. The summed E-state index contributed by atoms with van der Waals surface area (Å²) in [5, 5.41) is 20.6. The minimum atomic E-state index is -0.580. The van der Waals surface area contributed by atoms with Crippen LogP contribution in [0.4, 0.5) is 5.82 Å². The van der Waals surface area contributed by atoms with Crippen molar-refractivity contribution in [1.82, 2.24) is 23.9 Å².